The van der Waals surface area contributed by atoms with Crippen molar-refractivity contribution >= 4 is 5.91 Å². The number of carbonyl (C=O) groups is 1. The minimum Gasteiger partial charge on any atom is -0.358 e. The predicted octanol–water partition coefficient (Wildman–Crippen LogP) is 1.14. The lowest BCUT2D eigenvalue weighted by Gasteiger charge is -2.23. The number of likely N-dealkylation sites (N-methyl/N-ethyl adjacent to an activating group) is 1. The molecule has 1 fully saturated rings. The lowest BCUT2D eigenvalue weighted by atomic mass is 10.1. The highest BCUT2D eigenvalue weighted by Crippen LogP contribution is 2.25. The van der Waals surface area contributed by atoms with Gasteiger partial charge in [0.2, 0.25) is 5.91 Å². The van der Waals surface area contributed by atoms with Gasteiger partial charge in [0.05, 0.1) is 17.9 Å². The van der Waals surface area contributed by atoms with Gasteiger partial charge >= 0.3 is 0 Å². The van der Waals surface area contributed by atoms with Crippen LogP contribution in [0.4, 0.5) is 0 Å². The van der Waals surface area contributed by atoms with Crippen molar-refractivity contribution in [3.05, 3.63) is 47.5 Å². The smallest absolute Gasteiger partial charge is 0.237 e. The molecule has 3 N–H and O–H groups in total. The molecule has 0 bridgehead atoms. The molecule has 128 valence electrons. The summed E-state index contributed by atoms with van der Waals surface area (Å²) < 4.78 is 2.20. The molecule has 6 heteroatoms. The molecule has 2 aromatic heterocycles. The topological polar surface area (TPSA) is 76.2 Å². The van der Waals surface area contributed by atoms with Gasteiger partial charge in [-0.3, -0.25) is 14.7 Å². The number of carbonyl (C=O) groups excluding carboxylic acids is 1. The van der Waals surface area contributed by atoms with Gasteiger partial charge in [-0.15, -0.1) is 0 Å². The van der Waals surface area contributed by atoms with Crippen LogP contribution in [-0.2, 0) is 11.3 Å². The lowest BCUT2D eigenvalue weighted by molar-refractivity contribution is -0.125. The van der Waals surface area contributed by atoms with Gasteiger partial charge in [-0.2, -0.15) is 0 Å². The van der Waals surface area contributed by atoms with E-state index in [4.69, 9.17) is 5.73 Å². The van der Waals surface area contributed by atoms with E-state index >= 15 is 0 Å². The van der Waals surface area contributed by atoms with E-state index in [1.54, 1.807) is 13.2 Å². The molecule has 24 heavy (non-hydrogen) atoms. The predicted molar refractivity (Wildman–Crippen MR) is 93.9 cm³/mol. The number of hydrogen-bond acceptors (Lipinski definition) is 4. The Labute approximate surface area is 142 Å². The highest BCUT2D eigenvalue weighted by molar-refractivity contribution is 5.81. The van der Waals surface area contributed by atoms with Gasteiger partial charge in [0.25, 0.3) is 0 Å². The largest absolute Gasteiger partial charge is 0.358 e. The molecule has 3 heterocycles. The fourth-order valence-corrected chi connectivity index (χ4v) is 3.64. The summed E-state index contributed by atoms with van der Waals surface area (Å²) in [5.41, 5.74) is 10.7. The Morgan fingerprint density at radius 3 is 2.92 bits per heavy atom. The molecule has 1 aliphatic heterocycles. The van der Waals surface area contributed by atoms with Crippen molar-refractivity contribution in [1.29, 1.82) is 0 Å². The maximum atomic E-state index is 12.1. The Bertz CT molecular complexity index is 725. The normalized spacial score (nSPS) is 21.2. The number of nitrogens with one attached hydrogen (secondary N) is 1. The maximum Gasteiger partial charge on any atom is 0.237 e. The molecule has 1 aliphatic rings. The number of rotatable bonds is 4. The van der Waals surface area contributed by atoms with Crippen LogP contribution in [0.3, 0.4) is 0 Å². The minimum atomic E-state index is -0.147. The van der Waals surface area contributed by atoms with Crippen molar-refractivity contribution in [1.82, 2.24) is 19.8 Å². The Kier molecular flexibility index (Phi) is 4.69. The van der Waals surface area contributed by atoms with Crippen LogP contribution in [0.15, 0.2) is 30.6 Å². The maximum absolute atomic E-state index is 12.1. The van der Waals surface area contributed by atoms with Crippen LogP contribution in [0, 0.1) is 13.8 Å². The van der Waals surface area contributed by atoms with Crippen molar-refractivity contribution in [3.63, 3.8) is 0 Å². The van der Waals surface area contributed by atoms with Crippen LogP contribution < -0.4 is 11.1 Å². The third kappa shape index (κ3) is 3.07. The Morgan fingerprint density at radius 2 is 2.25 bits per heavy atom. The molecule has 0 radical (unpaired) electrons. The summed E-state index contributed by atoms with van der Waals surface area (Å²) in [6.07, 6.45) is 4.35. The number of aryl methyl sites for hydroxylation is 1. The molecule has 3 rings (SSSR count). The van der Waals surface area contributed by atoms with E-state index < -0.39 is 0 Å². The molecule has 0 aliphatic carbocycles. The molecule has 2 aromatic rings. The van der Waals surface area contributed by atoms with E-state index in [2.05, 4.69) is 45.7 Å². The minimum absolute atomic E-state index is 0.0454. The Hall–Kier alpha value is -2.18. The van der Waals surface area contributed by atoms with Crippen LogP contribution in [-0.4, -0.2) is 46.0 Å². The van der Waals surface area contributed by atoms with Crippen LogP contribution in [0.2, 0.25) is 0 Å². The molecule has 2 atom stereocenters. The second kappa shape index (κ2) is 6.75. The summed E-state index contributed by atoms with van der Waals surface area (Å²) in [5.74, 6) is 0.0454. The first-order valence-electron chi connectivity index (χ1n) is 8.30. The average molecular weight is 327 g/mol. The molecule has 0 spiro atoms. The fourth-order valence-electron chi connectivity index (χ4n) is 3.64. The lowest BCUT2D eigenvalue weighted by Crippen LogP contribution is -2.41. The number of likely N-dealkylation sites (tertiary alicyclic amines) is 1. The summed E-state index contributed by atoms with van der Waals surface area (Å²) in [6, 6.07) is 6.08. The van der Waals surface area contributed by atoms with E-state index in [-0.39, 0.29) is 18.0 Å². The van der Waals surface area contributed by atoms with E-state index in [1.807, 2.05) is 12.3 Å². The van der Waals surface area contributed by atoms with Gasteiger partial charge in [0, 0.05) is 43.8 Å². The van der Waals surface area contributed by atoms with E-state index in [9.17, 15) is 4.79 Å². The first kappa shape index (κ1) is 16.7. The zero-order valence-corrected chi connectivity index (χ0v) is 14.5. The average Bonchev–Trinajstić information content (AvgIpc) is 3.07. The van der Waals surface area contributed by atoms with Crippen molar-refractivity contribution < 1.29 is 4.79 Å². The van der Waals surface area contributed by atoms with Gasteiger partial charge in [-0.1, -0.05) is 0 Å². The van der Waals surface area contributed by atoms with Gasteiger partial charge in [-0.25, -0.2) is 0 Å². The van der Waals surface area contributed by atoms with Gasteiger partial charge in [0.1, 0.15) is 0 Å². The number of pyridine rings is 1. The van der Waals surface area contributed by atoms with Crippen LogP contribution >= 0.6 is 0 Å². The van der Waals surface area contributed by atoms with Crippen molar-refractivity contribution in [2.45, 2.75) is 38.9 Å². The van der Waals surface area contributed by atoms with Crippen molar-refractivity contribution in [2.24, 2.45) is 5.73 Å². The Morgan fingerprint density at radius 1 is 1.46 bits per heavy atom. The SMILES string of the molecule is CNC(=O)[C@@H]1C[C@@H](N)CN1Cc1cc(C)n(-c2cccnc2)c1C. The highest BCUT2D eigenvalue weighted by atomic mass is 16.2. The van der Waals surface area contributed by atoms with Crippen LogP contribution in [0.1, 0.15) is 23.4 Å². The molecule has 6 nitrogen and oxygen atoms in total. The van der Waals surface area contributed by atoms with Gasteiger partial charge in [0.15, 0.2) is 0 Å². The third-order valence-corrected chi connectivity index (χ3v) is 4.80. The molecular formula is C18H25N5O. The van der Waals surface area contributed by atoms with Gasteiger partial charge in [-0.05, 0) is 44.0 Å². The van der Waals surface area contributed by atoms with Crippen molar-refractivity contribution in [2.75, 3.05) is 13.6 Å². The molecule has 0 aromatic carbocycles. The quantitative estimate of drug-likeness (QED) is 0.883. The third-order valence-electron chi connectivity index (χ3n) is 4.80. The van der Waals surface area contributed by atoms with E-state index in [0.29, 0.717) is 6.42 Å². The zero-order chi connectivity index (χ0) is 17.3. The number of hydrogen-bond donors (Lipinski definition) is 2. The summed E-state index contributed by atoms with van der Waals surface area (Å²) in [7, 11) is 1.68. The number of nitrogens with two attached hydrogens (primary N) is 1. The zero-order valence-electron chi connectivity index (χ0n) is 14.5. The summed E-state index contributed by atoms with van der Waals surface area (Å²) in [6.45, 7) is 5.68. The monoisotopic (exact) mass is 327 g/mol. The van der Waals surface area contributed by atoms with Crippen molar-refractivity contribution in [3.8, 4) is 5.69 Å². The Balaban J connectivity index is 1.87. The number of nitrogens with zero attached hydrogens (tertiary/aromatic N) is 3. The van der Waals surface area contributed by atoms with E-state index in [0.717, 1.165) is 24.5 Å². The molecule has 0 unspecified atom stereocenters. The molecule has 1 saturated heterocycles. The second-order valence-electron chi connectivity index (χ2n) is 6.50. The fraction of sp³-hybridized carbons (Fsp3) is 0.444. The van der Waals surface area contributed by atoms with Crippen LogP contribution in [0.5, 0.6) is 0 Å². The van der Waals surface area contributed by atoms with Gasteiger partial charge < -0.3 is 15.6 Å². The van der Waals surface area contributed by atoms with Crippen LogP contribution in [0.25, 0.3) is 5.69 Å². The first-order chi connectivity index (χ1) is 11.5. The standard InChI is InChI=1S/C18H25N5O/c1-12-7-14(13(2)23(12)16-5-4-6-21-9-16)10-22-11-15(19)8-17(22)18(24)20-3/h4-7,9,15,17H,8,10-11,19H2,1-3H3,(H,20,24)/t15-,17+/m1/s1. The molecule has 1 amide bonds. The summed E-state index contributed by atoms with van der Waals surface area (Å²) in [4.78, 5) is 18.5. The summed E-state index contributed by atoms with van der Waals surface area (Å²) in [5, 5.41) is 2.75. The molecular weight excluding hydrogens is 302 g/mol. The number of aromatic nitrogens is 2. The van der Waals surface area contributed by atoms with E-state index in [1.165, 1.54) is 11.3 Å². The number of amides is 1. The second-order valence-corrected chi connectivity index (χ2v) is 6.50. The first-order valence-corrected chi connectivity index (χ1v) is 8.30. The molecule has 0 saturated carbocycles. The summed E-state index contributed by atoms with van der Waals surface area (Å²) >= 11 is 0. The highest BCUT2D eigenvalue weighted by Gasteiger charge is 2.35.